The number of carbonyl (C=O) groups excluding carboxylic acids is 1. The highest BCUT2D eigenvalue weighted by Crippen LogP contribution is 2.24. The Morgan fingerprint density at radius 1 is 1.57 bits per heavy atom. The Labute approximate surface area is 85.4 Å². The summed E-state index contributed by atoms with van der Waals surface area (Å²) in [6.45, 7) is 1.71. The number of amides is 1. The summed E-state index contributed by atoms with van der Waals surface area (Å²) in [5.74, 6) is 5.02. The molecule has 1 rings (SSSR count). The Kier molecular flexibility index (Phi) is 3.66. The quantitative estimate of drug-likeness (QED) is 0.271. The van der Waals surface area contributed by atoms with Crippen molar-refractivity contribution in [3.05, 3.63) is 12.4 Å². The van der Waals surface area contributed by atoms with Crippen LogP contribution < -0.4 is 17.0 Å². The van der Waals surface area contributed by atoms with Crippen molar-refractivity contribution >= 4 is 23.5 Å². The van der Waals surface area contributed by atoms with Crippen LogP contribution in [0.5, 0.6) is 0 Å². The van der Waals surface area contributed by atoms with Gasteiger partial charge in [-0.2, -0.15) is 0 Å². The van der Waals surface area contributed by atoms with Crippen LogP contribution in [0.4, 0.5) is 5.82 Å². The standard InChI is InChI=1S/C7H11N5OS/c1-4(6(13)12-9)14-7-5(8)10-2-3-11-7/h2-4H,9H2,1H3,(H2,8,10)(H,12,13). The van der Waals surface area contributed by atoms with Gasteiger partial charge < -0.3 is 5.73 Å². The fraction of sp³-hybridized carbons (Fsp3) is 0.286. The molecule has 1 amide bonds. The summed E-state index contributed by atoms with van der Waals surface area (Å²) in [6.07, 6.45) is 3.01. The smallest absolute Gasteiger partial charge is 0.247 e. The number of hydrogen-bond donors (Lipinski definition) is 3. The van der Waals surface area contributed by atoms with Crippen LogP contribution in [0.2, 0.25) is 0 Å². The normalized spacial score (nSPS) is 12.1. The van der Waals surface area contributed by atoms with Crippen molar-refractivity contribution in [2.45, 2.75) is 17.2 Å². The summed E-state index contributed by atoms with van der Waals surface area (Å²) >= 11 is 1.21. The maximum atomic E-state index is 11.1. The molecule has 0 aromatic carbocycles. The number of nitrogens with two attached hydrogens (primary N) is 2. The lowest BCUT2D eigenvalue weighted by atomic mass is 10.5. The third kappa shape index (κ3) is 2.57. The number of aromatic nitrogens is 2. The van der Waals surface area contributed by atoms with E-state index in [1.807, 2.05) is 0 Å². The molecule has 1 heterocycles. The Morgan fingerprint density at radius 3 is 2.79 bits per heavy atom. The molecular formula is C7H11N5OS. The average molecular weight is 213 g/mol. The van der Waals surface area contributed by atoms with Crippen molar-refractivity contribution in [1.82, 2.24) is 15.4 Å². The minimum atomic E-state index is -0.348. The maximum Gasteiger partial charge on any atom is 0.247 e. The predicted octanol–water partition coefficient (Wildman–Crippen LogP) is -0.471. The summed E-state index contributed by atoms with van der Waals surface area (Å²) in [6, 6.07) is 0. The zero-order valence-electron chi connectivity index (χ0n) is 7.60. The van der Waals surface area contributed by atoms with Gasteiger partial charge in [-0.1, -0.05) is 11.8 Å². The minimum absolute atomic E-state index is 0.278. The van der Waals surface area contributed by atoms with Gasteiger partial charge in [0.2, 0.25) is 5.91 Å². The molecule has 5 N–H and O–H groups in total. The number of rotatable bonds is 3. The van der Waals surface area contributed by atoms with Gasteiger partial charge in [-0.25, -0.2) is 15.8 Å². The number of thioether (sulfide) groups is 1. The molecule has 0 aliphatic heterocycles. The number of anilines is 1. The zero-order chi connectivity index (χ0) is 10.6. The van der Waals surface area contributed by atoms with Crippen LogP contribution in [0, 0.1) is 0 Å². The maximum absolute atomic E-state index is 11.1. The lowest BCUT2D eigenvalue weighted by molar-refractivity contribution is -0.120. The van der Waals surface area contributed by atoms with Crippen LogP contribution >= 0.6 is 11.8 Å². The first-order chi connectivity index (χ1) is 6.65. The van der Waals surface area contributed by atoms with E-state index in [0.717, 1.165) is 0 Å². The highest BCUT2D eigenvalue weighted by Gasteiger charge is 2.15. The van der Waals surface area contributed by atoms with E-state index in [-0.39, 0.29) is 11.2 Å². The predicted molar refractivity (Wildman–Crippen MR) is 54.1 cm³/mol. The molecule has 14 heavy (non-hydrogen) atoms. The van der Waals surface area contributed by atoms with Crippen molar-refractivity contribution in [2.24, 2.45) is 5.84 Å². The number of nitrogen functional groups attached to an aromatic ring is 1. The van der Waals surface area contributed by atoms with Gasteiger partial charge in [-0.05, 0) is 6.92 Å². The van der Waals surface area contributed by atoms with E-state index in [0.29, 0.717) is 10.8 Å². The van der Waals surface area contributed by atoms with Gasteiger partial charge in [0, 0.05) is 12.4 Å². The summed E-state index contributed by atoms with van der Waals surface area (Å²) in [4.78, 5) is 18.9. The third-order valence-corrected chi connectivity index (χ3v) is 2.60. The Hall–Kier alpha value is -1.34. The van der Waals surface area contributed by atoms with Gasteiger partial charge in [0.25, 0.3) is 0 Å². The summed E-state index contributed by atoms with van der Waals surface area (Å²) < 4.78 is 0. The second kappa shape index (κ2) is 4.77. The number of nitrogens with zero attached hydrogens (tertiary/aromatic N) is 2. The molecule has 0 saturated carbocycles. The second-order valence-electron chi connectivity index (χ2n) is 2.52. The molecule has 1 unspecified atom stereocenters. The minimum Gasteiger partial charge on any atom is -0.381 e. The number of nitrogens with one attached hydrogen (secondary N) is 1. The van der Waals surface area contributed by atoms with Gasteiger partial charge in [-0.3, -0.25) is 10.2 Å². The molecule has 7 heteroatoms. The van der Waals surface area contributed by atoms with Crippen LogP contribution in [0.25, 0.3) is 0 Å². The van der Waals surface area contributed by atoms with E-state index >= 15 is 0 Å². The first-order valence-corrected chi connectivity index (χ1v) is 4.76. The molecule has 0 bridgehead atoms. The van der Waals surface area contributed by atoms with E-state index in [1.54, 1.807) is 6.92 Å². The van der Waals surface area contributed by atoms with E-state index in [1.165, 1.54) is 24.2 Å². The Bertz CT molecular complexity index is 332. The highest BCUT2D eigenvalue weighted by atomic mass is 32.2. The Balaban J connectivity index is 2.69. The largest absolute Gasteiger partial charge is 0.381 e. The molecule has 6 nitrogen and oxygen atoms in total. The summed E-state index contributed by atoms with van der Waals surface area (Å²) in [5.41, 5.74) is 7.61. The summed E-state index contributed by atoms with van der Waals surface area (Å²) in [5, 5.41) is 0.183. The van der Waals surface area contributed by atoms with Crippen molar-refractivity contribution < 1.29 is 4.79 Å². The highest BCUT2D eigenvalue weighted by molar-refractivity contribution is 8.00. The number of hydrazine groups is 1. The van der Waals surface area contributed by atoms with E-state index in [4.69, 9.17) is 11.6 Å². The fourth-order valence-corrected chi connectivity index (χ4v) is 1.57. The number of hydrogen-bond acceptors (Lipinski definition) is 6. The molecule has 0 radical (unpaired) electrons. The lowest BCUT2D eigenvalue weighted by Gasteiger charge is -2.08. The zero-order valence-corrected chi connectivity index (χ0v) is 8.41. The lowest BCUT2D eigenvalue weighted by Crippen LogP contribution is -2.36. The fourth-order valence-electron chi connectivity index (χ4n) is 0.765. The van der Waals surface area contributed by atoms with Gasteiger partial charge in [0.1, 0.15) is 5.03 Å². The van der Waals surface area contributed by atoms with E-state index in [9.17, 15) is 4.79 Å². The van der Waals surface area contributed by atoms with E-state index < -0.39 is 0 Å². The van der Waals surface area contributed by atoms with Crippen molar-refractivity contribution in [1.29, 1.82) is 0 Å². The van der Waals surface area contributed by atoms with Crippen LogP contribution in [0.1, 0.15) is 6.92 Å². The topological polar surface area (TPSA) is 107 Å². The monoisotopic (exact) mass is 213 g/mol. The van der Waals surface area contributed by atoms with Crippen LogP contribution in [-0.2, 0) is 4.79 Å². The van der Waals surface area contributed by atoms with Crippen LogP contribution in [-0.4, -0.2) is 21.1 Å². The molecule has 1 atom stereocenters. The molecule has 0 saturated heterocycles. The number of carbonyl (C=O) groups is 1. The third-order valence-electron chi connectivity index (χ3n) is 1.49. The molecule has 1 aromatic rings. The average Bonchev–Trinajstić information content (AvgIpc) is 2.20. The van der Waals surface area contributed by atoms with E-state index in [2.05, 4.69) is 15.4 Å². The first kappa shape index (κ1) is 10.7. The Morgan fingerprint density at radius 2 is 2.21 bits per heavy atom. The molecular weight excluding hydrogens is 202 g/mol. The molecule has 1 aromatic heterocycles. The van der Waals surface area contributed by atoms with Gasteiger partial charge >= 0.3 is 0 Å². The van der Waals surface area contributed by atoms with Crippen molar-refractivity contribution in [2.75, 3.05) is 5.73 Å². The SMILES string of the molecule is CC(Sc1nccnc1N)C(=O)NN. The van der Waals surface area contributed by atoms with Gasteiger partial charge in [0.05, 0.1) is 5.25 Å². The first-order valence-electron chi connectivity index (χ1n) is 3.88. The van der Waals surface area contributed by atoms with Crippen molar-refractivity contribution in [3.63, 3.8) is 0 Å². The molecule has 0 aliphatic carbocycles. The molecule has 0 aliphatic rings. The molecule has 0 spiro atoms. The van der Waals surface area contributed by atoms with Crippen LogP contribution in [0.15, 0.2) is 17.4 Å². The van der Waals surface area contributed by atoms with Crippen LogP contribution in [0.3, 0.4) is 0 Å². The second-order valence-corrected chi connectivity index (χ2v) is 3.84. The molecule has 0 fully saturated rings. The van der Waals surface area contributed by atoms with Crippen molar-refractivity contribution in [3.8, 4) is 0 Å². The van der Waals surface area contributed by atoms with Gasteiger partial charge in [-0.15, -0.1) is 0 Å². The summed E-state index contributed by atoms with van der Waals surface area (Å²) in [7, 11) is 0. The van der Waals surface area contributed by atoms with Gasteiger partial charge in [0.15, 0.2) is 5.82 Å². The molecule has 76 valence electrons.